The Morgan fingerprint density at radius 3 is 2.16 bits per heavy atom. The van der Waals surface area contributed by atoms with Crippen LogP contribution in [0.5, 0.6) is 0 Å². The number of benzene rings is 3. The third-order valence-electron chi connectivity index (χ3n) is 6.02. The fourth-order valence-electron chi connectivity index (χ4n) is 3.99. The molecule has 0 aliphatic rings. The zero-order valence-corrected chi connectivity index (χ0v) is 23.9. The number of sulfonamides is 1. The Morgan fingerprint density at radius 2 is 1.55 bits per heavy atom. The van der Waals surface area contributed by atoms with Crippen molar-refractivity contribution in [1.29, 1.82) is 0 Å². The van der Waals surface area contributed by atoms with Gasteiger partial charge in [-0.05, 0) is 70.5 Å². The smallest absolute Gasteiger partial charge is 0.264 e. The highest BCUT2D eigenvalue weighted by Crippen LogP contribution is 2.27. The van der Waals surface area contributed by atoms with Crippen molar-refractivity contribution in [2.75, 3.05) is 10.8 Å². The quantitative estimate of drug-likeness (QED) is 0.377. The molecule has 38 heavy (non-hydrogen) atoms. The van der Waals surface area contributed by atoms with Gasteiger partial charge in [-0.2, -0.15) is 0 Å². The Balaban J connectivity index is 2.03. The molecule has 0 fully saturated rings. The van der Waals surface area contributed by atoms with E-state index in [2.05, 4.69) is 5.32 Å². The summed E-state index contributed by atoms with van der Waals surface area (Å²) in [5.41, 5.74) is 3.00. The summed E-state index contributed by atoms with van der Waals surface area (Å²) >= 11 is 6.20. The predicted octanol–water partition coefficient (Wildman–Crippen LogP) is 5.09. The van der Waals surface area contributed by atoms with Crippen LogP contribution in [0, 0.1) is 13.8 Å². The molecule has 0 saturated carbocycles. The Labute approximate surface area is 230 Å². The van der Waals surface area contributed by atoms with E-state index in [-0.39, 0.29) is 29.1 Å². The molecule has 0 radical (unpaired) electrons. The summed E-state index contributed by atoms with van der Waals surface area (Å²) < 4.78 is 28.6. The number of hydrogen-bond acceptors (Lipinski definition) is 4. The summed E-state index contributed by atoms with van der Waals surface area (Å²) in [6.07, 6.45) is 0. The average Bonchev–Trinajstić information content (AvgIpc) is 2.85. The lowest BCUT2D eigenvalue weighted by atomic mass is 10.1. The number of amides is 2. The van der Waals surface area contributed by atoms with Crippen molar-refractivity contribution < 1.29 is 18.0 Å². The van der Waals surface area contributed by atoms with Crippen molar-refractivity contribution in [3.63, 3.8) is 0 Å². The summed E-state index contributed by atoms with van der Waals surface area (Å²) in [5.74, 6) is -0.842. The van der Waals surface area contributed by atoms with Crippen LogP contribution in [0.2, 0.25) is 5.02 Å². The van der Waals surface area contributed by atoms with Crippen LogP contribution in [0.1, 0.15) is 37.5 Å². The molecule has 3 rings (SSSR count). The topological polar surface area (TPSA) is 86.8 Å². The summed E-state index contributed by atoms with van der Waals surface area (Å²) in [7, 11) is -4.13. The highest BCUT2D eigenvalue weighted by molar-refractivity contribution is 7.92. The fourth-order valence-corrected chi connectivity index (χ4v) is 5.58. The standard InChI is InChI=1S/C29H34ClN3O4S/c1-20(2)31-29(35)23(5)32(18-24-9-6-8-22(4)16-24)28(34)19-33(26-11-7-10-25(30)17-26)38(36,37)27-14-12-21(3)13-15-27/h6-17,20,23H,18-19H2,1-5H3,(H,31,35). The predicted molar refractivity (Wildman–Crippen MR) is 152 cm³/mol. The van der Waals surface area contributed by atoms with Crippen molar-refractivity contribution in [3.8, 4) is 0 Å². The molecule has 2 amide bonds. The number of anilines is 1. The lowest BCUT2D eigenvalue weighted by molar-refractivity contribution is -0.139. The molecule has 0 saturated heterocycles. The lowest BCUT2D eigenvalue weighted by Crippen LogP contribution is -2.52. The number of nitrogens with one attached hydrogen (secondary N) is 1. The van der Waals surface area contributed by atoms with Crippen LogP contribution < -0.4 is 9.62 Å². The van der Waals surface area contributed by atoms with Crippen LogP contribution in [-0.4, -0.2) is 43.8 Å². The maximum Gasteiger partial charge on any atom is 0.264 e. The molecule has 3 aromatic rings. The average molecular weight is 556 g/mol. The molecule has 1 atom stereocenters. The van der Waals surface area contributed by atoms with Crippen molar-refractivity contribution in [1.82, 2.24) is 10.2 Å². The third-order valence-corrected chi connectivity index (χ3v) is 8.04. The monoisotopic (exact) mass is 555 g/mol. The zero-order chi connectivity index (χ0) is 28.0. The van der Waals surface area contributed by atoms with Gasteiger partial charge in [-0.3, -0.25) is 13.9 Å². The number of carbonyl (C=O) groups excluding carboxylic acids is 2. The van der Waals surface area contributed by atoms with Gasteiger partial charge in [0.25, 0.3) is 10.0 Å². The van der Waals surface area contributed by atoms with Crippen LogP contribution in [0.15, 0.2) is 77.7 Å². The second-order valence-corrected chi connectivity index (χ2v) is 12.0. The van der Waals surface area contributed by atoms with Gasteiger partial charge in [0.05, 0.1) is 10.6 Å². The van der Waals surface area contributed by atoms with Gasteiger partial charge in [-0.25, -0.2) is 8.42 Å². The normalized spacial score (nSPS) is 12.2. The third kappa shape index (κ3) is 7.36. The van der Waals surface area contributed by atoms with Gasteiger partial charge in [0.1, 0.15) is 12.6 Å². The minimum absolute atomic E-state index is 0.0479. The van der Waals surface area contributed by atoms with E-state index in [1.54, 1.807) is 37.3 Å². The summed E-state index contributed by atoms with van der Waals surface area (Å²) in [6, 6.07) is 19.4. The highest BCUT2D eigenvalue weighted by atomic mass is 35.5. The van der Waals surface area contributed by atoms with Gasteiger partial charge in [-0.1, -0.05) is 65.2 Å². The Hall–Kier alpha value is -3.36. The van der Waals surface area contributed by atoms with Crippen LogP contribution >= 0.6 is 11.6 Å². The SMILES string of the molecule is Cc1ccc(S(=O)(=O)N(CC(=O)N(Cc2cccc(C)c2)C(C)C(=O)NC(C)C)c2cccc(Cl)c2)cc1. The Bertz CT molecular complexity index is 1390. The van der Waals surface area contributed by atoms with E-state index in [4.69, 9.17) is 11.6 Å². The molecule has 0 aliphatic heterocycles. The van der Waals surface area contributed by atoms with Crippen molar-refractivity contribution in [3.05, 3.63) is 94.5 Å². The molecule has 0 aliphatic carbocycles. The fraction of sp³-hybridized carbons (Fsp3) is 0.310. The number of carbonyl (C=O) groups is 2. The second kappa shape index (κ2) is 12.5. The minimum Gasteiger partial charge on any atom is -0.352 e. The number of nitrogens with zero attached hydrogens (tertiary/aromatic N) is 2. The van der Waals surface area contributed by atoms with Crippen LogP contribution in [0.3, 0.4) is 0 Å². The van der Waals surface area contributed by atoms with E-state index < -0.39 is 28.5 Å². The first-order chi connectivity index (χ1) is 17.9. The van der Waals surface area contributed by atoms with Gasteiger partial charge >= 0.3 is 0 Å². The van der Waals surface area contributed by atoms with Crippen LogP contribution in [0.25, 0.3) is 0 Å². The molecule has 0 aromatic heterocycles. The molecule has 0 spiro atoms. The molecule has 0 bridgehead atoms. The first-order valence-electron chi connectivity index (χ1n) is 12.4. The number of hydrogen-bond donors (Lipinski definition) is 1. The summed E-state index contributed by atoms with van der Waals surface area (Å²) in [5, 5.41) is 3.18. The number of halogens is 1. The Kier molecular flexibility index (Phi) is 9.57. The molecular weight excluding hydrogens is 522 g/mol. The van der Waals surface area contributed by atoms with Gasteiger partial charge < -0.3 is 10.2 Å². The molecule has 0 heterocycles. The van der Waals surface area contributed by atoms with Gasteiger partial charge in [-0.15, -0.1) is 0 Å². The summed E-state index contributed by atoms with van der Waals surface area (Å²) in [6.45, 7) is 8.76. The van der Waals surface area contributed by atoms with Crippen LogP contribution in [-0.2, 0) is 26.2 Å². The van der Waals surface area contributed by atoms with Crippen molar-refractivity contribution in [2.24, 2.45) is 0 Å². The van der Waals surface area contributed by atoms with Crippen molar-refractivity contribution >= 4 is 39.1 Å². The minimum atomic E-state index is -4.13. The van der Waals surface area contributed by atoms with E-state index in [9.17, 15) is 18.0 Å². The van der Waals surface area contributed by atoms with E-state index in [1.165, 1.54) is 23.1 Å². The molecule has 1 unspecified atom stereocenters. The largest absolute Gasteiger partial charge is 0.352 e. The number of aryl methyl sites for hydroxylation is 2. The van der Waals surface area contributed by atoms with E-state index in [1.807, 2.05) is 52.0 Å². The summed E-state index contributed by atoms with van der Waals surface area (Å²) in [4.78, 5) is 28.3. The lowest BCUT2D eigenvalue weighted by Gasteiger charge is -2.32. The zero-order valence-electron chi connectivity index (χ0n) is 22.3. The van der Waals surface area contributed by atoms with Gasteiger partial charge in [0, 0.05) is 17.6 Å². The molecule has 7 nitrogen and oxygen atoms in total. The van der Waals surface area contributed by atoms with E-state index in [0.717, 1.165) is 21.0 Å². The van der Waals surface area contributed by atoms with Crippen LogP contribution in [0.4, 0.5) is 5.69 Å². The molecule has 1 N–H and O–H groups in total. The van der Waals surface area contributed by atoms with Crippen molar-refractivity contribution in [2.45, 2.75) is 58.1 Å². The van der Waals surface area contributed by atoms with E-state index >= 15 is 0 Å². The van der Waals surface area contributed by atoms with E-state index in [0.29, 0.717) is 5.02 Å². The number of rotatable bonds is 10. The molecule has 3 aromatic carbocycles. The molecule has 202 valence electrons. The molecule has 9 heteroatoms. The first-order valence-corrected chi connectivity index (χ1v) is 14.2. The maximum atomic E-state index is 13.9. The first kappa shape index (κ1) is 29.2. The van der Waals surface area contributed by atoms with Gasteiger partial charge in [0.15, 0.2) is 0 Å². The second-order valence-electron chi connectivity index (χ2n) is 9.65. The van der Waals surface area contributed by atoms with Gasteiger partial charge in [0.2, 0.25) is 11.8 Å². The molecular formula is C29H34ClN3O4S. The Morgan fingerprint density at radius 1 is 0.895 bits per heavy atom. The highest BCUT2D eigenvalue weighted by Gasteiger charge is 2.32. The maximum absolute atomic E-state index is 13.9.